The first-order valence-corrected chi connectivity index (χ1v) is 6.66. The lowest BCUT2D eigenvalue weighted by atomic mass is 9.82. The Morgan fingerprint density at radius 3 is 2.50 bits per heavy atom. The molecule has 1 unspecified atom stereocenters. The molecule has 0 N–H and O–H groups in total. The second-order valence-electron chi connectivity index (χ2n) is 5.18. The van der Waals surface area contributed by atoms with Gasteiger partial charge in [0.2, 0.25) is 5.78 Å². The molecule has 1 atom stereocenters. The summed E-state index contributed by atoms with van der Waals surface area (Å²) in [5.41, 5.74) is -1.50. The van der Waals surface area contributed by atoms with E-state index in [9.17, 15) is 19.7 Å². The molecule has 0 radical (unpaired) electrons. The molecule has 0 aromatic carbocycles. The summed E-state index contributed by atoms with van der Waals surface area (Å²) in [5, 5.41) is 11.3. The zero-order chi connectivity index (χ0) is 13.6. The third kappa shape index (κ3) is 3.62. The Labute approximate surface area is 107 Å². The van der Waals surface area contributed by atoms with Gasteiger partial charge < -0.3 is 4.79 Å². The molecule has 0 saturated heterocycles. The number of Topliss-reactive ketones (excluding diaryl/α,β-unsaturated/α-hetero) is 2. The SMILES string of the molecule is CC(=O)CCC1([N+](=O)[O-])CCCCCCCC1=O. The van der Waals surface area contributed by atoms with Crippen LogP contribution < -0.4 is 0 Å². The van der Waals surface area contributed by atoms with Gasteiger partial charge >= 0.3 is 0 Å². The van der Waals surface area contributed by atoms with E-state index in [2.05, 4.69) is 0 Å². The zero-order valence-corrected chi connectivity index (χ0v) is 10.9. The lowest BCUT2D eigenvalue weighted by Gasteiger charge is -2.23. The van der Waals surface area contributed by atoms with Crippen molar-refractivity contribution in [1.29, 1.82) is 0 Å². The number of rotatable bonds is 4. The van der Waals surface area contributed by atoms with E-state index >= 15 is 0 Å². The average Bonchev–Trinajstić information content (AvgIpc) is 2.38. The van der Waals surface area contributed by atoms with Crippen molar-refractivity contribution in [3.05, 3.63) is 10.1 Å². The van der Waals surface area contributed by atoms with Crippen LogP contribution in [0.2, 0.25) is 0 Å². The molecule has 1 aliphatic carbocycles. The van der Waals surface area contributed by atoms with Gasteiger partial charge in [-0.3, -0.25) is 14.9 Å². The molecule has 0 aliphatic heterocycles. The van der Waals surface area contributed by atoms with Crippen molar-refractivity contribution in [2.75, 3.05) is 0 Å². The lowest BCUT2D eigenvalue weighted by Crippen LogP contribution is -2.46. The molecule has 0 bridgehead atoms. The monoisotopic (exact) mass is 255 g/mol. The van der Waals surface area contributed by atoms with Gasteiger partial charge in [-0.25, -0.2) is 0 Å². The molecule has 1 saturated carbocycles. The molecule has 18 heavy (non-hydrogen) atoms. The topological polar surface area (TPSA) is 77.3 Å². The van der Waals surface area contributed by atoms with E-state index in [4.69, 9.17) is 0 Å². The molecule has 1 fully saturated rings. The maximum absolute atomic E-state index is 12.1. The van der Waals surface area contributed by atoms with Gasteiger partial charge in [-0.15, -0.1) is 0 Å². The van der Waals surface area contributed by atoms with Crippen LogP contribution in [0.25, 0.3) is 0 Å². The van der Waals surface area contributed by atoms with Gasteiger partial charge in [0.15, 0.2) is 0 Å². The first-order chi connectivity index (χ1) is 8.49. The molecule has 5 heteroatoms. The Bertz CT molecular complexity index is 340. The lowest BCUT2D eigenvalue weighted by molar-refractivity contribution is -0.554. The number of ketones is 2. The summed E-state index contributed by atoms with van der Waals surface area (Å²) in [6.45, 7) is 1.41. The minimum atomic E-state index is -1.50. The first-order valence-electron chi connectivity index (χ1n) is 6.66. The maximum atomic E-state index is 12.1. The van der Waals surface area contributed by atoms with Crippen molar-refractivity contribution < 1.29 is 14.5 Å². The minimum Gasteiger partial charge on any atom is -0.300 e. The Morgan fingerprint density at radius 2 is 1.89 bits per heavy atom. The highest BCUT2D eigenvalue weighted by Crippen LogP contribution is 2.30. The number of carbonyl (C=O) groups excluding carboxylic acids is 2. The van der Waals surface area contributed by atoms with Crippen molar-refractivity contribution in [1.82, 2.24) is 0 Å². The van der Waals surface area contributed by atoms with Crippen molar-refractivity contribution in [2.45, 2.75) is 70.3 Å². The van der Waals surface area contributed by atoms with E-state index in [1.807, 2.05) is 0 Å². The van der Waals surface area contributed by atoms with Crippen LogP contribution in [0.3, 0.4) is 0 Å². The van der Waals surface area contributed by atoms with E-state index < -0.39 is 10.5 Å². The smallest absolute Gasteiger partial charge is 0.279 e. The van der Waals surface area contributed by atoms with Gasteiger partial charge in [0.05, 0.1) is 0 Å². The molecule has 0 aromatic heterocycles. The third-order valence-corrected chi connectivity index (χ3v) is 3.75. The van der Waals surface area contributed by atoms with Crippen molar-refractivity contribution in [2.24, 2.45) is 0 Å². The van der Waals surface area contributed by atoms with E-state index in [1.165, 1.54) is 6.92 Å². The molecular weight excluding hydrogens is 234 g/mol. The van der Waals surface area contributed by atoms with Crippen LogP contribution >= 0.6 is 0 Å². The van der Waals surface area contributed by atoms with Gasteiger partial charge in [-0.2, -0.15) is 0 Å². The summed E-state index contributed by atoms with van der Waals surface area (Å²) in [6.07, 6.45) is 5.11. The highest BCUT2D eigenvalue weighted by atomic mass is 16.6. The fraction of sp³-hybridized carbons (Fsp3) is 0.846. The molecule has 0 amide bonds. The van der Waals surface area contributed by atoms with Gasteiger partial charge in [-0.05, 0) is 19.8 Å². The Balaban J connectivity index is 2.89. The fourth-order valence-corrected chi connectivity index (χ4v) is 2.54. The van der Waals surface area contributed by atoms with Crippen LogP contribution in [0.15, 0.2) is 0 Å². The Morgan fingerprint density at radius 1 is 1.28 bits per heavy atom. The summed E-state index contributed by atoms with van der Waals surface area (Å²) < 4.78 is 0. The van der Waals surface area contributed by atoms with Crippen LogP contribution in [0.5, 0.6) is 0 Å². The summed E-state index contributed by atoms with van der Waals surface area (Å²) in [6, 6.07) is 0. The number of hydrogen-bond donors (Lipinski definition) is 0. The van der Waals surface area contributed by atoms with E-state index in [0.717, 1.165) is 25.7 Å². The summed E-state index contributed by atoms with van der Waals surface area (Å²) in [5.74, 6) is -0.375. The van der Waals surface area contributed by atoms with Gasteiger partial charge in [-0.1, -0.05) is 19.3 Å². The van der Waals surface area contributed by atoms with Crippen molar-refractivity contribution >= 4 is 11.6 Å². The highest BCUT2D eigenvalue weighted by molar-refractivity contribution is 5.87. The summed E-state index contributed by atoms with van der Waals surface area (Å²) in [4.78, 5) is 34.1. The van der Waals surface area contributed by atoms with Crippen molar-refractivity contribution in [3.63, 3.8) is 0 Å². The van der Waals surface area contributed by atoms with Crippen LogP contribution in [0.1, 0.15) is 64.7 Å². The molecule has 1 rings (SSSR count). The minimum absolute atomic E-state index is 0.0637. The van der Waals surface area contributed by atoms with Crippen molar-refractivity contribution in [3.8, 4) is 0 Å². The summed E-state index contributed by atoms with van der Waals surface area (Å²) >= 11 is 0. The Hall–Kier alpha value is -1.26. The zero-order valence-electron chi connectivity index (χ0n) is 10.9. The van der Waals surface area contributed by atoms with E-state index in [1.54, 1.807) is 0 Å². The van der Waals surface area contributed by atoms with Gasteiger partial charge in [0.1, 0.15) is 5.78 Å². The molecular formula is C13H21NO4. The largest absolute Gasteiger partial charge is 0.300 e. The number of carbonyl (C=O) groups is 2. The van der Waals surface area contributed by atoms with E-state index in [0.29, 0.717) is 6.42 Å². The number of hydrogen-bond acceptors (Lipinski definition) is 4. The average molecular weight is 255 g/mol. The molecule has 0 heterocycles. The second kappa shape index (κ2) is 6.61. The van der Waals surface area contributed by atoms with Crippen LogP contribution in [-0.2, 0) is 9.59 Å². The molecule has 0 spiro atoms. The van der Waals surface area contributed by atoms with Gasteiger partial charge in [0.25, 0.3) is 5.54 Å². The predicted octanol–water partition coefficient (Wildman–Crippen LogP) is 2.68. The first kappa shape index (κ1) is 14.8. The second-order valence-corrected chi connectivity index (χ2v) is 5.18. The van der Waals surface area contributed by atoms with E-state index in [-0.39, 0.29) is 37.2 Å². The summed E-state index contributed by atoms with van der Waals surface area (Å²) in [7, 11) is 0. The highest BCUT2D eigenvalue weighted by Gasteiger charge is 2.48. The van der Waals surface area contributed by atoms with Gasteiger partial charge in [0, 0.05) is 30.6 Å². The standard InChI is InChI=1S/C13H21NO4/c1-11(15)8-10-13(14(17)18)9-6-4-2-3-5-7-12(13)16/h2-10H2,1H3. The quantitative estimate of drug-likeness (QED) is 0.571. The number of nitrogens with zero attached hydrogens (tertiary/aromatic N) is 1. The normalized spacial score (nSPS) is 25.9. The van der Waals surface area contributed by atoms with Crippen LogP contribution in [-0.4, -0.2) is 22.0 Å². The van der Waals surface area contributed by atoms with Crippen LogP contribution in [0, 0.1) is 10.1 Å². The molecule has 5 nitrogen and oxygen atoms in total. The predicted molar refractivity (Wildman–Crippen MR) is 67.0 cm³/mol. The number of nitro groups is 1. The Kier molecular flexibility index (Phi) is 5.44. The molecule has 1 aliphatic rings. The fourth-order valence-electron chi connectivity index (χ4n) is 2.54. The molecule has 0 aromatic rings. The molecule has 102 valence electrons. The maximum Gasteiger partial charge on any atom is 0.279 e. The third-order valence-electron chi connectivity index (χ3n) is 3.75. The van der Waals surface area contributed by atoms with Crippen LogP contribution in [0.4, 0.5) is 0 Å².